The van der Waals surface area contributed by atoms with Crippen LogP contribution in [0.1, 0.15) is 49.5 Å². The minimum Gasteiger partial charge on any atom is -0.493 e. The van der Waals surface area contributed by atoms with Crippen molar-refractivity contribution in [3.05, 3.63) is 72.2 Å². The minimum atomic E-state index is -0.945. The number of fused-ring (bicyclic) bond motifs is 1. The molecule has 1 fully saturated rings. The number of carbonyl (C=O) groups is 2. The van der Waals surface area contributed by atoms with Crippen LogP contribution in [-0.4, -0.2) is 52.0 Å². The van der Waals surface area contributed by atoms with E-state index in [4.69, 9.17) is 13.9 Å². The molecule has 0 radical (unpaired) electrons. The first-order valence-electron chi connectivity index (χ1n) is 13.2. The Morgan fingerprint density at radius 3 is 2.59 bits per heavy atom. The van der Waals surface area contributed by atoms with E-state index in [0.717, 1.165) is 31.2 Å². The second kappa shape index (κ2) is 12.0. The van der Waals surface area contributed by atoms with Crippen molar-refractivity contribution in [3.63, 3.8) is 0 Å². The molecule has 2 heterocycles. The number of ether oxygens (including phenoxy) is 2. The van der Waals surface area contributed by atoms with Crippen molar-refractivity contribution >= 4 is 22.8 Å². The summed E-state index contributed by atoms with van der Waals surface area (Å²) < 4.78 is 18.1. The number of hydrogen-bond donors (Lipinski definition) is 1. The van der Waals surface area contributed by atoms with Gasteiger partial charge in [-0.3, -0.25) is 9.59 Å². The maximum Gasteiger partial charge on any atom is 0.247 e. The maximum atomic E-state index is 14.0. The number of nitrogens with one attached hydrogen (secondary N) is 1. The van der Waals surface area contributed by atoms with Crippen LogP contribution < -0.4 is 14.8 Å². The zero-order valence-electron chi connectivity index (χ0n) is 22.2. The van der Waals surface area contributed by atoms with Crippen LogP contribution in [0.2, 0.25) is 0 Å². The molecule has 4 aromatic rings. The van der Waals surface area contributed by atoms with Crippen molar-refractivity contribution in [1.29, 1.82) is 0 Å². The Bertz CT molecular complexity index is 1410. The third-order valence-electron chi connectivity index (χ3n) is 7.17. The largest absolute Gasteiger partial charge is 0.493 e. The lowest BCUT2D eigenvalue weighted by molar-refractivity contribution is -0.142. The van der Waals surface area contributed by atoms with Gasteiger partial charge in [0.2, 0.25) is 11.8 Å². The molecule has 2 aromatic heterocycles. The van der Waals surface area contributed by atoms with E-state index in [1.165, 1.54) is 11.3 Å². The summed E-state index contributed by atoms with van der Waals surface area (Å²) in [6.45, 7) is -0.00270. The van der Waals surface area contributed by atoms with Crippen molar-refractivity contribution in [3.8, 4) is 11.5 Å². The molecule has 1 aliphatic rings. The van der Waals surface area contributed by atoms with Crippen LogP contribution in [-0.2, 0) is 22.7 Å². The molecule has 0 spiro atoms. The molecule has 10 nitrogen and oxygen atoms in total. The fourth-order valence-electron chi connectivity index (χ4n) is 5.17. The fraction of sp³-hybridized carbons (Fsp3) is 0.379. The highest BCUT2D eigenvalue weighted by Crippen LogP contribution is 2.33. The van der Waals surface area contributed by atoms with Gasteiger partial charge < -0.3 is 24.1 Å². The Morgan fingerprint density at radius 2 is 1.85 bits per heavy atom. The number of benzene rings is 2. The predicted octanol–water partition coefficient (Wildman–Crippen LogP) is 4.26. The van der Waals surface area contributed by atoms with E-state index in [1.54, 1.807) is 55.5 Å². The molecule has 2 amide bonds. The van der Waals surface area contributed by atoms with Crippen molar-refractivity contribution in [2.24, 2.45) is 0 Å². The summed E-state index contributed by atoms with van der Waals surface area (Å²) in [5, 5.41) is 11.6. The average Bonchev–Trinajstić information content (AvgIpc) is 3.63. The molecule has 5 rings (SSSR count). The molecule has 39 heavy (non-hydrogen) atoms. The Morgan fingerprint density at radius 1 is 1.05 bits per heavy atom. The molecular formula is C29H33N5O5. The summed E-state index contributed by atoms with van der Waals surface area (Å²) >= 11 is 0. The quantitative estimate of drug-likeness (QED) is 0.325. The third-order valence-corrected chi connectivity index (χ3v) is 7.17. The van der Waals surface area contributed by atoms with Gasteiger partial charge in [0.15, 0.2) is 11.5 Å². The van der Waals surface area contributed by atoms with E-state index in [9.17, 15) is 9.59 Å². The molecule has 0 saturated heterocycles. The van der Waals surface area contributed by atoms with Crippen LogP contribution in [0.3, 0.4) is 0 Å². The normalized spacial score (nSPS) is 14.6. The second-order valence-corrected chi connectivity index (χ2v) is 9.70. The number of amides is 2. The molecule has 1 atom stereocenters. The molecule has 1 saturated carbocycles. The Hall–Kier alpha value is -4.34. The van der Waals surface area contributed by atoms with E-state index in [0.29, 0.717) is 28.3 Å². The monoisotopic (exact) mass is 531 g/mol. The van der Waals surface area contributed by atoms with Gasteiger partial charge >= 0.3 is 0 Å². The molecular weight excluding hydrogens is 498 g/mol. The van der Waals surface area contributed by atoms with Gasteiger partial charge in [-0.1, -0.05) is 42.7 Å². The molecule has 10 heteroatoms. The molecule has 1 aliphatic carbocycles. The first kappa shape index (κ1) is 26.3. The smallest absolute Gasteiger partial charge is 0.247 e. The van der Waals surface area contributed by atoms with E-state index in [1.807, 2.05) is 24.3 Å². The van der Waals surface area contributed by atoms with Crippen molar-refractivity contribution < 1.29 is 23.5 Å². The van der Waals surface area contributed by atoms with Gasteiger partial charge in [0.1, 0.15) is 23.9 Å². The molecule has 0 bridgehead atoms. The second-order valence-electron chi connectivity index (χ2n) is 9.70. The average molecular weight is 532 g/mol. The number of para-hydroxylation sites is 1. The first-order valence-corrected chi connectivity index (χ1v) is 13.2. The van der Waals surface area contributed by atoms with Gasteiger partial charge in [-0.25, -0.2) is 4.68 Å². The highest BCUT2D eigenvalue weighted by molar-refractivity contribution is 5.89. The molecule has 1 N–H and O–H groups in total. The summed E-state index contributed by atoms with van der Waals surface area (Å²) in [6.07, 6.45) is 6.70. The van der Waals surface area contributed by atoms with E-state index in [-0.39, 0.29) is 30.9 Å². The number of furan rings is 1. The number of nitrogens with zero attached hydrogens (tertiary/aromatic N) is 4. The van der Waals surface area contributed by atoms with Gasteiger partial charge in [0, 0.05) is 6.04 Å². The summed E-state index contributed by atoms with van der Waals surface area (Å²) in [5.41, 5.74) is 2.02. The lowest BCUT2D eigenvalue weighted by atomic mass is 9.94. The van der Waals surface area contributed by atoms with Crippen LogP contribution >= 0.6 is 0 Å². The van der Waals surface area contributed by atoms with Gasteiger partial charge in [0.25, 0.3) is 0 Å². The Labute approximate surface area is 226 Å². The SMILES string of the molecule is COc1ccc([C@@H](C(=O)NC2CCCCC2)N(Cc2ccco2)C(=O)Cn2nnc3ccccc32)cc1OC. The van der Waals surface area contributed by atoms with Gasteiger partial charge in [0.05, 0.1) is 32.5 Å². The highest BCUT2D eigenvalue weighted by atomic mass is 16.5. The number of aromatic nitrogens is 3. The summed E-state index contributed by atoms with van der Waals surface area (Å²) in [6, 6.07) is 15.4. The van der Waals surface area contributed by atoms with Crippen molar-refractivity contribution in [2.45, 2.75) is 57.3 Å². The summed E-state index contributed by atoms with van der Waals surface area (Å²) in [7, 11) is 3.10. The van der Waals surface area contributed by atoms with Crippen LogP contribution in [0.15, 0.2) is 65.3 Å². The molecule has 0 aliphatic heterocycles. The molecule has 204 valence electrons. The van der Waals surface area contributed by atoms with Crippen LogP contribution in [0.25, 0.3) is 11.0 Å². The highest BCUT2D eigenvalue weighted by Gasteiger charge is 2.34. The minimum absolute atomic E-state index is 0.0636. The lowest BCUT2D eigenvalue weighted by Crippen LogP contribution is -2.47. The number of methoxy groups -OCH3 is 2. The van der Waals surface area contributed by atoms with E-state index < -0.39 is 6.04 Å². The zero-order valence-corrected chi connectivity index (χ0v) is 22.2. The molecule has 0 unspecified atom stereocenters. The predicted molar refractivity (Wildman–Crippen MR) is 144 cm³/mol. The first-order chi connectivity index (χ1) is 19.1. The summed E-state index contributed by atoms with van der Waals surface area (Å²) in [4.78, 5) is 29.6. The van der Waals surface area contributed by atoms with Crippen LogP contribution in [0.5, 0.6) is 11.5 Å². The van der Waals surface area contributed by atoms with Crippen molar-refractivity contribution in [2.75, 3.05) is 14.2 Å². The van der Waals surface area contributed by atoms with Crippen LogP contribution in [0.4, 0.5) is 0 Å². The Balaban J connectivity index is 1.53. The number of rotatable bonds is 10. The van der Waals surface area contributed by atoms with E-state index in [2.05, 4.69) is 15.6 Å². The molecule has 2 aromatic carbocycles. The topological polar surface area (TPSA) is 112 Å². The Kier molecular flexibility index (Phi) is 8.10. The van der Waals surface area contributed by atoms with Gasteiger partial charge in [-0.05, 0) is 54.8 Å². The fourth-order valence-corrected chi connectivity index (χ4v) is 5.17. The summed E-state index contributed by atoms with van der Waals surface area (Å²) in [5.74, 6) is 1.00. The standard InChI is InChI=1S/C29H33N5O5/c1-37-25-15-14-20(17-26(25)38-2)28(29(36)30-21-9-4-3-5-10-21)33(18-22-11-8-16-39-22)27(35)19-34-24-13-7-6-12-23(24)31-32-34/h6-8,11-17,21,28H,3-5,9-10,18-19H2,1-2H3,(H,30,36)/t28-/m0/s1. The number of hydrogen-bond acceptors (Lipinski definition) is 7. The lowest BCUT2D eigenvalue weighted by Gasteiger charge is -2.33. The van der Waals surface area contributed by atoms with Gasteiger partial charge in [-0.15, -0.1) is 5.10 Å². The maximum absolute atomic E-state index is 14.0. The zero-order chi connectivity index (χ0) is 27.2. The number of carbonyl (C=O) groups excluding carboxylic acids is 2. The van der Waals surface area contributed by atoms with Crippen LogP contribution in [0, 0.1) is 0 Å². The third kappa shape index (κ3) is 5.89. The van der Waals surface area contributed by atoms with E-state index >= 15 is 0 Å². The van der Waals surface area contributed by atoms with Gasteiger partial charge in [-0.2, -0.15) is 0 Å². The van der Waals surface area contributed by atoms with Crippen molar-refractivity contribution in [1.82, 2.24) is 25.2 Å².